The van der Waals surface area contributed by atoms with Crippen LogP contribution in [0.2, 0.25) is 5.02 Å². The van der Waals surface area contributed by atoms with Gasteiger partial charge in [-0.05, 0) is 72.5 Å². The number of ketones is 1. The van der Waals surface area contributed by atoms with E-state index >= 15 is 0 Å². The lowest BCUT2D eigenvalue weighted by molar-refractivity contribution is -0.132. The molecule has 0 bridgehead atoms. The predicted molar refractivity (Wildman–Crippen MR) is 168 cm³/mol. The maximum atomic E-state index is 13.7. The predicted octanol–water partition coefficient (Wildman–Crippen LogP) is 7.22. The monoisotopic (exact) mass is 633 g/mol. The molecule has 4 aromatic rings. The lowest BCUT2D eigenvalue weighted by Crippen LogP contribution is -2.29. The molecule has 11 heteroatoms. The van der Waals surface area contributed by atoms with E-state index in [0.29, 0.717) is 45.0 Å². The van der Waals surface area contributed by atoms with Crippen LogP contribution in [0.15, 0.2) is 76.6 Å². The summed E-state index contributed by atoms with van der Waals surface area (Å²) in [5.41, 5.74) is 3.02. The van der Waals surface area contributed by atoms with E-state index in [1.54, 1.807) is 18.2 Å². The van der Waals surface area contributed by atoms with Gasteiger partial charge in [0.2, 0.25) is 5.13 Å². The Hall–Kier alpha value is -3.86. The van der Waals surface area contributed by atoms with E-state index in [1.165, 1.54) is 28.0 Å². The molecule has 3 aromatic carbocycles. The summed E-state index contributed by atoms with van der Waals surface area (Å²) in [5, 5.41) is 21.1. The minimum absolute atomic E-state index is 0.0184. The van der Waals surface area contributed by atoms with Crippen LogP contribution in [0.3, 0.4) is 0 Å². The Kier molecular flexibility index (Phi) is 8.43. The van der Waals surface area contributed by atoms with Crippen LogP contribution >= 0.6 is 34.7 Å². The van der Waals surface area contributed by atoms with Crippen LogP contribution in [0, 0.1) is 0 Å². The van der Waals surface area contributed by atoms with Gasteiger partial charge in [-0.1, -0.05) is 65.9 Å². The lowest BCUT2D eigenvalue weighted by atomic mass is 9.94. The van der Waals surface area contributed by atoms with Gasteiger partial charge in [0.25, 0.3) is 5.78 Å². The van der Waals surface area contributed by atoms with Crippen LogP contribution < -0.4 is 14.4 Å². The molecule has 1 saturated heterocycles. The zero-order valence-corrected chi connectivity index (χ0v) is 25.8. The van der Waals surface area contributed by atoms with E-state index < -0.39 is 17.7 Å². The second-order valence-corrected chi connectivity index (χ2v) is 12.9. The van der Waals surface area contributed by atoms with Crippen molar-refractivity contribution in [2.45, 2.75) is 48.9 Å². The Labute approximate surface area is 262 Å². The van der Waals surface area contributed by atoms with Crippen LogP contribution in [0.25, 0.3) is 5.76 Å². The fourth-order valence-corrected chi connectivity index (χ4v) is 7.10. The fourth-order valence-electron chi connectivity index (χ4n) is 5.15. The molecule has 1 N–H and O–H groups in total. The highest BCUT2D eigenvalue weighted by atomic mass is 35.5. The van der Waals surface area contributed by atoms with Gasteiger partial charge >= 0.3 is 5.91 Å². The van der Waals surface area contributed by atoms with E-state index in [9.17, 15) is 14.7 Å². The third-order valence-corrected chi connectivity index (χ3v) is 9.52. The Morgan fingerprint density at radius 2 is 1.95 bits per heavy atom. The molecule has 2 aliphatic heterocycles. The Balaban J connectivity index is 1.39. The van der Waals surface area contributed by atoms with Gasteiger partial charge in [0.15, 0.2) is 4.34 Å². The zero-order valence-electron chi connectivity index (χ0n) is 23.5. The van der Waals surface area contributed by atoms with Gasteiger partial charge in [-0.2, -0.15) is 0 Å². The van der Waals surface area contributed by atoms with E-state index in [1.807, 2.05) is 62.4 Å². The van der Waals surface area contributed by atoms with Gasteiger partial charge in [-0.15, -0.1) is 10.2 Å². The second-order valence-electron chi connectivity index (χ2n) is 10.3. The quantitative estimate of drug-likeness (QED) is 0.0678. The number of hydrogen-bond acceptors (Lipinski definition) is 9. The molecule has 0 aliphatic carbocycles. The van der Waals surface area contributed by atoms with E-state index in [4.69, 9.17) is 21.1 Å². The summed E-state index contributed by atoms with van der Waals surface area (Å²) in [7, 11) is 0. The Morgan fingerprint density at radius 3 is 2.74 bits per heavy atom. The Morgan fingerprint density at radius 1 is 1.14 bits per heavy atom. The zero-order chi connectivity index (χ0) is 30.1. The van der Waals surface area contributed by atoms with Crippen molar-refractivity contribution in [1.29, 1.82) is 0 Å². The first-order chi connectivity index (χ1) is 20.8. The molecule has 8 nitrogen and oxygen atoms in total. The number of aliphatic hydroxyl groups is 1. The van der Waals surface area contributed by atoms with Crippen molar-refractivity contribution in [3.63, 3.8) is 0 Å². The molecule has 0 radical (unpaired) electrons. The number of fused-ring (bicyclic) bond motifs is 1. The third-order valence-electron chi connectivity index (χ3n) is 7.14. The number of carbonyl (C=O) groups excluding carboxylic acids is 2. The van der Waals surface area contributed by atoms with Crippen molar-refractivity contribution in [3.05, 3.63) is 99.6 Å². The van der Waals surface area contributed by atoms with Crippen molar-refractivity contribution in [1.82, 2.24) is 10.2 Å². The van der Waals surface area contributed by atoms with E-state index in [2.05, 4.69) is 10.2 Å². The number of aliphatic hydroxyl groups excluding tert-OH is 1. The van der Waals surface area contributed by atoms with E-state index in [0.717, 1.165) is 23.3 Å². The van der Waals surface area contributed by atoms with Crippen LogP contribution in [0.5, 0.6) is 11.5 Å². The normalized spacial score (nSPS) is 19.0. The van der Waals surface area contributed by atoms with E-state index in [-0.39, 0.29) is 22.6 Å². The highest BCUT2D eigenvalue weighted by Crippen LogP contribution is 2.45. The second kappa shape index (κ2) is 12.4. The van der Waals surface area contributed by atoms with Crippen molar-refractivity contribution in [2.24, 2.45) is 0 Å². The molecular weight excluding hydrogens is 606 g/mol. The minimum atomic E-state index is -0.935. The molecule has 0 saturated carbocycles. The van der Waals surface area contributed by atoms with Crippen molar-refractivity contribution >= 4 is 57.3 Å². The third kappa shape index (κ3) is 6.00. The molecular formula is C32H28ClN3O5S2. The lowest BCUT2D eigenvalue weighted by Gasteiger charge is -2.23. The van der Waals surface area contributed by atoms with Crippen molar-refractivity contribution in [3.8, 4) is 11.5 Å². The summed E-state index contributed by atoms with van der Waals surface area (Å²) in [6.45, 7) is 4.51. The van der Waals surface area contributed by atoms with Crippen LogP contribution in [0.1, 0.15) is 48.6 Å². The number of rotatable bonds is 9. The average molecular weight is 634 g/mol. The average Bonchev–Trinajstić information content (AvgIpc) is 3.70. The summed E-state index contributed by atoms with van der Waals surface area (Å²) >= 11 is 8.69. The van der Waals surface area contributed by atoms with Gasteiger partial charge in [0, 0.05) is 22.8 Å². The molecule has 1 fully saturated rings. The molecule has 3 heterocycles. The summed E-state index contributed by atoms with van der Waals surface area (Å²) in [5.74, 6) is 0.151. The highest BCUT2D eigenvalue weighted by molar-refractivity contribution is 8.00. The SMILES string of the molecule is CCCOc1cccc([C@@H]2C(=C(O)c3ccc4c(c3)C[C@@H](C)O4)C(=O)C(=O)N2c2nnc(SCc3ccc(Cl)cc3)s2)c1. The van der Waals surface area contributed by atoms with Crippen molar-refractivity contribution in [2.75, 3.05) is 11.5 Å². The number of thioether (sulfide) groups is 1. The maximum Gasteiger partial charge on any atom is 0.301 e. The smallest absolute Gasteiger partial charge is 0.301 e. The molecule has 0 spiro atoms. The first kappa shape index (κ1) is 29.2. The molecule has 1 amide bonds. The topological polar surface area (TPSA) is 102 Å². The molecule has 43 heavy (non-hydrogen) atoms. The first-order valence-corrected chi connectivity index (χ1v) is 16.0. The highest BCUT2D eigenvalue weighted by Gasteiger charge is 2.48. The summed E-state index contributed by atoms with van der Waals surface area (Å²) in [4.78, 5) is 28.6. The molecule has 220 valence electrons. The molecule has 2 atom stereocenters. The number of carbonyl (C=O) groups is 2. The summed E-state index contributed by atoms with van der Waals surface area (Å²) in [6.07, 6.45) is 1.53. The van der Waals surface area contributed by atoms with Gasteiger partial charge in [0.1, 0.15) is 23.4 Å². The number of Topliss-reactive ketones (excluding diaryl/α,β-unsaturated/α-hetero) is 1. The Bertz CT molecular complexity index is 1720. The molecule has 1 aromatic heterocycles. The van der Waals surface area contributed by atoms with Crippen LogP contribution in [-0.4, -0.2) is 39.7 Å². The number of anilines is 1. The number of nitrogens with zero attached hydrogens (tertiary/aromatic N) is 3. The standard InChI is InChI=1S/C32H28ClN3O5S2/c1-3-13-40-24-6-4-5-20(16-24)27-26(28(37)21-9-12-25-22(15-21)14-18(2)41-25)29(38)30(39)36(27)31-34-35-32(43-31)42-17-19-7-10-23(33)11-8-19/h4-12,15-16,18,27,37H,3,13-14,17H2,1-2H3/t18-,27-/m1/s1. The van der Waals surface area contributed by atoms with Gasteiger partial charge in [-0.3, -0.25) is 14.5 Å². The molecule has 6 rings (SSSR count). The number of ether oxygens (including phenoxy) is 2. The number of hydrogen-bond donors (Lipinski definition) is 1. The minimum Gasteiger partial charge on any atom is -0.507 e. The fraction of sp³-hybridized carbons (Fsp3) is 0.250. The molecule has 2 aliphatic rings. The van der Waals surface area contributed by atoms with Crippen LogP contribution in [0.4, 0.5) is 5.13 Å². The first-order valence-electron chi connectivity index (χ1n) is 13.9. The van der Waals surface area contributed by atoms with Gasteiger partial charge < -0.3 is 14.6 Å². The number of halogens is 1. The molecule has 0 unspecified atom stereocenters. The maximum absolute atomic E-state index is 13.7. The number of aromatic nitrogens is 2. The van der Waals surface area contributed by atoms with Gasteiger partial charge in [0.05, 0.1) is 18.2 Å². The largest absolute Gasteiger partial charge is 0.507 e. The van der Waals surface area contributed by atoms with Crippen molar-refractivity contribution < 1.29 is 24.2 Å². The number of benzene rings is 3. The number of amides is 1. The van der Waals surface area contributed by atoms with Gasteiger partial charge in [-0.25, -0.2) is 0 Å². The summed E-state index contributed by atoms with van der Waals surface area (Å²) < 4.78 is 12.3. The van der Waals surface area contributed by atoms with Crippen LogP contribution in [-0.2, 0) is 21.8 Å². The summed E-state index contributed by atoms with van der Waals surface area (Å²) in [6, 6.07) is 19.1.